The van der Waals surface area contributed by atoms with Crippen molar-refractivity contribution in [1.82, 2.24) is 5.32 Å². The van der Waals surface area contributed by atoms with Crippen molar-refractivity contribution in [3.63, 3.8) is 0 Å². The van der Waals surface area contributed by atoms with E-state index in [1.807, 2.05) is 40.7 Å². The van der Waals surface area contributed by atoms with Crippen LogP contribution in [0.2, 0.25) is 0 Å². The van der Waals surface area contributed by atoms with Gasteiger partial charge in [0.2, 0.25) is 5.91 Å². The predicted octanol–water partition coefficient (Wildman–Crippen LogP) is 3.70. The van der Waals surface area contributed by atoms with Gasteiger partial charge < -0.3 is 14.6 Å². The van der Waals surface area contributed by atoms with E-state index in [1.54, 1.807) is 24.3 Å². The molecular formula is C22H32N3O4S-. The highest BCUT2D eigenvalue weighted by atomic mass is 32.2. The Kier molecular flexibility index (Phi) is 11.2. The minimum Gasteiger partial charge on any atom is -0.755 e. The monoisotopic (exact) mass is 434 g/mol. The molecule has 0 aliphatic heterocycles. The summed E-state index contributed by atoms with van der Waals surface area (Å²) in [6, 6.07) is 6.61. The maximum atomic E-state index is 12.5. The summed E-state index contributed by atoms with van der Waals surface area (Å²) in [5, 5.41) is 3.00. The number of nitrogens with one attached hydrogen (secondary N) is 2. The third-order valence-corrected chi connectivity index (χ3v) is 5.09. The molecule has 1 aromatic rings. The van der Waals surface area contributed by atoms with Gasteiger partial charge in [-0.05, 0) is 44.4 Å². The maximum absolute atomic E-state index is 12.5. The third kappa shape index (κ3) is 9.45. The van der Waals surface area contributed by atoms with Gasteiger partial charge in [-0.25, -0.2) is 0 Å². The summed E-state index contributed by atoms with van der Waals surface area (Å²) < 4.78 is 23.8. The van der Waals surface area contributed by atoms with E-state index in [0.717, 1.165) is 23.4 Å². The summed E-state index contributed by atoms with van der Waals surface area (Å²) in [6.07, 6.45) is 3.58. The normalized spacial score (nSPS) is 14.4. The molecule has 0 bridgehead atoms. The fraction of sp³-hybridized carbons (Fsp3) is 0.500. The molecule has 1 rings (SSSR count). The molecule has 0 aliphatic carbocycles. The van der Waals surface area contributed by atoms with Crippen LogP contribution in [0.1, 0.15) is 59.4 Å². The number of hydrogen-bond acceptors (Lipinski definition) is 5. The highest BCUT2D eigenvalue weighted by Crippen LogP contribution is 2.14. The van der Waals surface area contributed by atoms with E-state index in [-0.39, 0.29) is 36.5 Å². The molecule has 0 aliphatic rings. The van der Waals surface area contributed by atoms with Crippen molar-refractivity contribution in [1.29, 1.82) is 0 Å². The summed E-state index contributed by atoms with van der Waals surface area (Å²) in [7, 11) is 0. The Balaban J connectivity index is 2.96. The Morgan fingerprint density at radius 2 is 1.83 bits per heavy atom. The molecule has 0 fully saturated rings. The Labute approximate surface area is 181 Å². The van der Waals surface area contributed by atoms with E-state index in [0.29, 0.717) is 12.1 Å². The lowest BCUT2D eigenvalue weighted by Crippen LogP contribution is -2.41. The second kappa shape index (κ2) is 13.1. The molecule has 8 heteroatoms. The lowest BCUT2D eigenvalue weighted by atomic mass is 10.0. The number of anilines is 1. The smallest absolute Gasteiger partial charge is 0.220 e. The standard InChI is InChI=1S/C22H33N3O4S/c1-6-18(7-2)23-16(5)20(24-22(27)13-12-21(26)15(3)4)14-17-8-10-19(11-9-17)25-30(28)29/h6,8-11,15,20,25H,7,12-14H2,1-5H3,(H,24,27)(H,28,29)/p-1/b18-6-,23-16?/t20-/m0/s1. The van der Waals surface area contributed by atoms with E-state index in [1.165, 1.54) is 0 Å². The lowest BCUT2D eigenvalue weighted by Gasteiger charge is -2.20. The molecule has 0 saturated heterocycles. The Bertz CT molecular complexity index is 801. The van der Waals surface area contributed by atoms with Gasteiger partial charge in [0.25, 0.3) is 0 Å². The Morgan fingerprint density at radius 3 is 2.33 bits per heavy atom. The summed E-state index contributed by atoms with van der Waals surface area (Å²) in [6.45, 7) is 9.46. The molecule has 0 aromatic heterocycles. The van der Waals surface area contributed by atoms with Crippen molar-refractivity contribution in [2.45, 2.75) is 66.3 Å². The highest BCUT2D eigenvalue weighted by Gasteiger charge is 2.18. The SMILES string of the molecule is C/C=C(/CC)N=C(C)[C@H](Cc1ccc(NS(=O)[O-])cc1)NC(=O)CCC(=O)C(C)C. The number of rotatable bonds is 12. The van der Waals surface area contributed by atoms with Gasteiger partial charge in [-0.3, -0.25) is 18.8 Å². The van der Waals surface area contributed by atoms with Gasteiger partial charge in [-0.15, -0.1) is 0 Å². The Morgan fingerprint density at radius 1 is 1.20 bits per heavy atom. The molecule has 166 valence electrons. The van der Waals surface area contributed by atoms with Crippen LogP contribution in [0.15, 0.2) is 41.0 Å². The average Bonchev–Trinajstić information content (AvgIpc) is 2.70. The molecule has 0 spiro atoms. The van der Waals surface area contributed by atoms with Gasteiger partial charge in [0.1, 0.15) is 5.78 Å². The molecule has 1 aromatic carbocycles. The van der Waals surface area contributed by atoms with E-state index >= 15 is 0 Å². The second-order valence-corrected chi connectivity index (χ2v) is 8.04. The van der Waals surface area contributed by atoms with Crippen LogP contribution in [0.3, 0.4) is 0 Å². The predicted molar refractivity (Wildman–Crippen MR) is 121 cm³/mol. The zero-order valence-electron chi connectivity index (χ0n) is 18.4. The molecule has 0 heterocycles. The molecular weight excluding hydrogens is 402 g/mol. The van der Waals surface area contributed by atoms with Gasteiger partial charge in [-0.1, -0.05) is 39.0 Å². The van der Waals surface area contributed by atoms with Crippen LogP contribution in [0.25, 0.3) is 0 Å². The van der Waals surface area contributed by atoms with Crippen LogP contribution >= 0.6 is 0 Å². The number of amides is 1. The fourth-order valence-electron chi connectivity index (χ4n) is 2.79. The third-order valence-electron chi connectivity index (χ3n) is 4.69. The summed E-state index contributed by atoms with van der Waals surface area (Å²) in [5.74, 6) is -0.218. The lowest BCUT2D eigenvalue weighted by molar-refractivity contribution is -0.127. The Hall–Kier alpha value is -2.32. The number of benzene rings is 1. The molecule has 30 heavy (non-hydrogen) atoms. The second-order valence-electron chi connectivity index (χ2n) is 7.37. The van der Waals surface area contributed by atoms with Crippen molar-refractivity contribution in [2.75, 3.05) is 4.72 Å². The van der Waals surface area contributed by atoms with Gasteiger partial charge in [0, 0.05) is 47.1 Å². The number of carbonyl (C=O) groups is 2. The zero-order chi connectivity index (χ0) is 22.7. The minimum absolute atomic E-state index is 0.0631. The van der Waals surface area contributed by atoms with Gasteiger partial charge in [0.05, 0.1) is 6.04 Å². The van der Waals surface area contributed by atoms with E-state index in [2.05, 4.69) is 15.0 Å². The number of nitrogens with zero attached hydrogens (tertiary/aromatic N) is 1. The van der Waals surface area contributed by atoms with Crippen LogP contribution in [0, 0.1) is 5.92 Å². The zero-order valence-corrected chi connectivity index (χ0v) is 19.2. The number of allylic oxidation sites excluding steroid dienone is 2. The van der Waals surface area contributed by atoms with E-state index in [9.17, 15) is 18.4 Å². The molecule has 0 radical (unpaired) electrons. The van der Waals surface area contributed by atoms with Crippen molar-refractivity contribution in [2.24, 2.45) is 10.9 Å². The van der Waals surface area contributed by atoms with E-state index < -0.39 is 11.3 Å². The first kappa shape index (κ1) is 25.7. The van der Waals surface area contributed by atoms with Crippen LogP contribution in [0.5, 0.6) is 0 Å². The molecule has 7 nitrogen and oxygen atoms in total. The molecule has 0 saturated carbocycles. The van der Waals surface area contributed by atoms with Crippen molar-refractivity contribution in [3.8, 4) is 0 Å². The van der Waals surface area contributed by atoms with Crippen molar-refractivity contribution < 1.29 is 18.4 Å². The van der Waals surface area contributed by atoms with Crippen LogP contribution < -0.4 is 10.0 Å². The van der Waals surface area contributed by atoms with Crippen molar-refractivity contribution >= 4 is 34.4 Å². The fourth-order valence-corrected chi connectivity index (χ4v) is 3.12. The summed E-state index contributed by atoms with van der Waals surface area (Å²) in [4.78, 5) is 28.9. The summed E-state index contributed by atoms with van der Waals surface area (Å²) in [5.41, 5.74) is 3.09. The van der Waals surface area contributed by atoms with Crippen LogP contribution in [0.4, 0.5) is 5.69 Å². The van der Waals surface area contributed by atoms with E-state index in [4.69, 9.17) is 0 Å². The van der Waals surface area contributed by atoms with Crippen LogP contribution in [-0.4, -0.2) is 32.2 Å². The van der Waals surface area contributed by atoms with Gasteiger partial charge >= 0.3 is 0 Å². The topological polar surface area (TPSA) is 111 Å². The van der Waals surface area contributed by atoms with Crippen LogP contribution in [-0.2, 0) is 27.3 Å². The average molecular weight is 435 g/mol. The number of ketones is 1. The first-order valence-corrected chi connectivity index (χ1v) is 11.2. The molecule has 1 unspecified atom stereocenters. The van der Waals surface area contributed by atoms with Gasteiger partial charge in [0.15, 0.2) is 0 Å². The first-order chi connectivity index (χ1) is 14.2. The quantitative estimate of drug-likeness (QED) is 0.386. The molecule has 2 atom stereocenters. The number of aliphatic imine (C=N–C) groups is 1. The maximum Gasteiger partial charge on any atom is 0.220 e. The van der Waals surface area contributed by atoms with Crippen molar-refractivity contribution in [3.05, 3.63) is 41.6 Å². The number of Topliss-reactive ketones (excluding diaryl/α,β-unsaturated/α-hetero) is 1. The molecule has 1 amide bonds. The number of carbonyl (C=O) groups excluding carboxylic acids is 2. The first-order valence-electron chi connectivity index (χ1n) is 10.1. The largest absolute Gasteiger partial charge is 0.755 e. The summed E-state index contributed by atoms with van der Waals surface area (Å²) >= 11 is -2.38. The molecule has 2 N–H and O–H groups in total. The van der Waals surface area contributed by atoms with Gasteiger partial charge in [-0.2, -0.15) is 0 Å². The minimum atomic E-state index is -2.38. The number of hydrogen-bond donors (Lipinski definition) is 2. The highest BCUT2D eigenvalue weighted by molar-refractivity contribution is 7.80.